The molecule has 0 spiro atoms. The van der Waals surface area contributed by atoms with Crippen molar-refractivity contribution in [3.63, 3.8) is 0 Å². The number of hydrogen-bond donors (Lipinski definition) is 0. The maximum absolute atomic E-state index is 5.76. The van der Waals surface area contributed by atoms with Crippen LogP contribution in [0.3, 0.4) is 0 Å². The molecule has 1 aliphatic rings. The lowest BCUT2D eigenvalue weighted by molar-refractivity contribution is -0.00850. The van der Waals surface area contributed by atoms with Gasteiger partial charge >= 0.3 is 0 Å². The average Bonchev–Trinajstić information content (AvgIpc) is 3.01. The highest BCUT2D eigenvalue weighted by molar-refractivity contribution is 7.09. The molecule has 3 rings (SSSR count). The van der Waals surface area contributed by atoms with Crippen molar-refractivity contribution in [3.05, 3.63) is 45.9 Å². The van der Waals surface area contributed by atoms with Crippen molar-refractivity contribution in [2.45, 2.75) is 32.4 Å². The van der Waals surface area contributed by atoms with Gasteiger partial charge < -0.3 is 9.47 Å². The van der Waals surface area contributed by atoms with Gasteiger partial charge in [0.1, 0.15) is 10.8 Å². The van der Waals surface area contributed by atoms with E-state index in [4.69, 9.17) is 9.47 Å². The fourth-order valence-corrected chi connectivity index (χ4v) is 4.28. The predicted molar refractivity (Wildman–Crippen MR) is 97.7 cm³/mol. The summed E-state index contributed by atoms with van der Waals surface area (Å²) in [6.45, 7) is 5.15. The second kappa shape index (κ2) is 8.10. The Labute approximate surface area is 148 Å². The van der Waals surface area contributed by atoms with Gasteiger partial charge in [0.2, 0.25) is 0 Å². The Morgan fingerprint density at radius 1 is 1.25 bits per heavy atom. The molecule has 0 amide bonds. The number of rotatable bonds is 6. The van der Waals surface area contributed by atoms with Crippen LogP contribution in [0.1, 0.15) is 22.7 Å². The lowest BCUT2D eigenvalue weighted by Crippen LogP contribution is -2.44. The van der Waals surface area contributed by atoms with Crippen molar-refractivity contribution in [2.75, 3.05) is 27.3 Å². The van der Waals surface area contributed by atoms with E-state index in [2.05, 4.69) is 34.3 Å². The first-order valence-corrected chi connectivity index (χ1v) is 9.35. The van der Waals surface area contributed by atoms with Crippen LogP contribution in [0.2, 0.25) is 0 Å². The highest BCUT2D eigenvalue weighted by Crippen LogP contribution is 2.26. The number of ether oxygens (including phenoxy) is 2. The third-order valence-electron chi connectivity index (χ3n) is 4.73. The molecule has 130 valence electrons. The van der Waals surface area contributed by atoms with E-state index < -0.39 is 0 Å². The van der Waals surface area contributed by atoms with Gasteiger partial charge in [-0.1, -0.05) is 12.1 Å². The minimum absolute atomic E-state index is 0.335. The molecule has 1 aromatic carbocycles. The van der Waals surface area contributed by atoms with E-state index in [1.54, 1.807) is 18.4 Å². The summed E-state index contributed by atoms with van der Waals surface area (Å²) in [6, 6.07) is 8.40. The zero-order chi connectivity index (χ0) is 16.9. The number of likely N-dealkylation sites (tertiary alicyclic amines) is 1. The van der Waals surface area contributed by atoms with E-state index in [1.807, 2.05) is 19.2 Å². The Morgan fingerprint density at radius 2 is 2.04 bits per heavy atom. The van der Waals surface area contributed by atoms with Gasteiger partial charge in [0.15, 0.2) is 0 Å². The van der Waals surface area contributed by atoms with Crippen LogP contribution >= 0.6 is 11.3 Å². The van der Waals surface area contributed by atoms with E-state index >= 15 is 0 Å². The average molecular weight is 346 g/mol. The van der Waals surface area contributed by atoms with E-state index in [0.717, 1.165) is 43.9 Å². The van der Waals surface area contributed by atoms with Crippen LogP contribution in [-0.4, -0.2) is 43.3 Å². The molecule has 1 fully saturated rings. The third-order valence-corrected chi connectivity index (χ3v) is 5.68. The Hall–Kier alpha value is -1.43. The fourth-order valence-electron chi connectivity index (χ4n) is 3.47. The molecule has 1 aromatic heterocycles. The molecule has 0 aliphatic carbocycles. The summed E-state index contributed by atoms with van der Waals surface area (Å²) in [7, 11) is 3.54. The van der Waals surface area contributed by atoms with Crippen molar-refractivity contribution in [1.29, 1.82) is 0 Å². The molecule has 2 aromatic rings. The normalized spacial score (nSPS) is 21.8. The van der Waals surface area contributed by atoms with Crippen LogP contribution in [0.15, 0.2) is 29.6 Å². The number of methoxy groups -OCH3 is 2. The van der Waals surface area contributed by atoms with E-state index in [1.165, 1.54) is 10.6 Å². The zero-order valence-electron chi connectivity index (χ0n) is 14.7. The minimum Gasteiger partial charge on any atom is -0.497 e. The van der Waals surface area contributed by atoms with Gasteiger partial charge in [-0.15, -0.1) is 11.3 Å². The molecule has 5 heteroatoms. The first-order chi connectivity index (χ1) is 11.7. The number of hydrogen-bond acceptors (Lipinski definition) is 5. The summed E-state index contributed by atoms with van der Waals surface area (Å²) in [5, 5.41) is 3.35. The third kappa shape index (κ3) is 4.35. The summed E-state index contributed by atoms with van der Waals surface area (Å²) in [5.74, 6) is 1.42. The summed E-state index contributed by atoms with van der Waals surface area (Å²) in [4.78, 5) is 7.12. The summed E-state index contributed by atoms with van der Waals surface area (Å²) >= 11 is 1.76. The van der Waals surface area contributed by atoms with Crippen LogP contribution in [0.4, 0.5) is 0 Å². The summed E-state index contributed by atoms with van der Waals surface area (Å²) < 4.78 is 11.0. The molecule has 4 nitrogen and oxygen atoms in total. The first-order valence-electron chi connectivity index (χ1n) is 8.47. The minimum atomic E-state index is 0.335. The number of aryl methyl sites for hydroxylation is 1. The number of aromatic nitrogens is 1. The predicted octanol–water partition coefficient (Wildman–Crippen LogP) is 3.54. The van der Waals surface area contributed by atoms with Crippen molar-refractivity contribution < 1.29 is 9.47 Å². The molecule has 1 aliphatic heterocycles. The molecule has 0 saturated carbocycles. The Morgan fingerprint density at radius 3 is 2.67 bits per heavy atom. The van der Waals surface area contributed by atoms with Crippen molar-refractivity contribution >= 4 is 11.3 Å². The molecule has 0 radical (unpaired) electrons. The molecule has 0 unspecified atom stereocenters. The smallest absolute Gasteiger partial charge is 0.118 e. The Kier molecular flexibility index (Phi) is 5.87. The first kappa shape index (κ1) is 17.4. The number of thiazole rings is 1. The van der Waals surface area contributed by atoms with Crippen molar-refractivity contribution in [1.82, 2.24) is 9.88 Å². The van der Waals surface area contributed by atoms with Crippen molar-refractivity contribution in [3.8, 4) is 5.75 Å². The highest BCUT2D eigenvalue weighted by atomic mass is 32.1. The van der Waals surface area contributed by atoms with Gasteiger partial charge in [-0.3, -0.25) is 4.90 Å². The largest absolute Gasteiger partial charge is 0.497 e. The van der Waals surface area contributed by atoms with E-state index in [0.29, 0.717) is 12.0 Å². The number of benzene rings is 1. The standard InChI is InChI=1S/C19H26N2O2S/c1-14-13-24-19(20-14)12-21-9-8-18(23-3)16(11-21)10-15-4-6-17(22-2)7-5-15/h4-7,13,16,18H,8-12H2,1-3H3/t16-,18+/m1/s1. The lowest BCUT2D eigenvalue weighted by Gasteiger charge is -2.37. The summed E-state index contributed by atoms with van der Waals surface area (Å²) in [6.07, 6.45) is 2.46. The molecule has 24 heavy (non-hydrogen) atoms. The summed E-state index contributed by atoms with van der Waals surface area (Å²) in [5.41, 5.74) is 2.46. The van der Waals surface area contributed by atoms with Gasteiger partial charge in [-0.2, -0.15) is 0 Å². The van der Waals surface area contributed by atoms with Crippen LogP contribution < -0.4 is 4.74 Å². The molecule has 0 bridgehead atoms. The topological polar surface area (TPSA) is 34.6 Å². The molecule has 2 atom stereocenters. The van der Waals surface area contributed by atoms with Gasteiger partial charge in [-0.25, -0.2) is 4.98 Å². The van der Waals surface area contributed by atoms with Gasteiger partial charge in [0.25, 0.3) is 0 Å². The molecule has 0 N–H and O–H groups in total. The highest BCUT2D eigenvalue weighted by Gasteiger charge is 2.29. The molecule has 1 saturated heterocycles. The lowest BCUT2D eigenvalue weighted by atomic mass is 9.88. The Bertz CT molecular complexity index is 641. The fraction of sp³-hybridized carbons (Fsp3) is 0.526. The van der Waals surface area contributed by atoms with Crippen molar-refractivity contribution in [2.24, 2.45) is 5.92 Å². The van der Waals surface area contributed by atoms with E-state index in [-0.39, 0.29) is 0 Å². The second-order valence-electron chi connectivity index (χ2n) is 6.49. The van der Waals surface area contributed by atoms with Crippen LogP contribution in [0.25, 0.3) is 0 Å². The van der Waals surface area contributed by atoms with Gasteiger partial charge in [-0.05, 0) is 37.5 Å². The molecular weight excluding hydrogens is 320 g/mol. The van der Waals surface area contributed by atoms with Crippen LogP contribution in [0.5, 0.6) is 5.75 Å². The SMILES string of the molecule is COc1ccc(C[C@@H]2CN(Cc3nc(C)cs3)CC[C@@H]2OC)cc1. The second-order valence-corrected chi connectivity index (χ2v) is 7.44. The number of nitrogens with zero attached hydrogens (tertiary/aromatic N) is 2. The monoisotopic (exact) mass is 346 g/mol. The maximum atomic E-state index is 5.76. The quantitative estimate of drug-likeness (QED) is 0.801. The Balaban J connectivity index is 1.64. The van der Waals surface area contributed by atoms with Gasteiger partial charge in [0.05, 0.1) is 19.8 Å². The molecular formula is C19H26N2O2S. The van der Waals surface area contributed by atoms with Gasteiger partial charge in [0, 0.05) is 37.2 Å². The maximum Gasteiger partial charge on any atom is 0.118 e. The number of piperidine rings is 1. The van der Waals surface area contributed by atoms with Crippen LogP contribution in [-0.2, 0) is 17.7 Å². The zero-order valence-corrected chi connectivity index (χ0v) is 15.5. The van der Waals surface area contributed by atoms with E-state index in [9.17, 15) is 0 Å². The van der Waals surface area contributed by atoms with Crippen LogP contribution in [0, 0.1) is 12.8 Å². The molecule has 2 heterocycles.